The number of ether oxygens (including phenoxy) is 2. The van der Waals surface area contributed by atoms with Crippen LogP contribution in [0.25, 0.3) is 0 Å². The highest BCUT2D eigenvalue weighted by Crippen LogP contribution is 2.19. The molecule has 2 fully saturated rings. The Morgan fingerprint density at radius 3 is 2.41 bits per heavy atom. The fourth-order valence-corrected chi connectivity index (χ4v) is 3.82. The van der Waals surface area contributed by atoms with Gasteiger partial charge in [-0.1, -0.05) is 0 Å². The van der Waals surface area contributed by atoms with Crippen LogP contribution >= 0.6 is 24.0 Å². The van der Waals surface area contributed by atoms with E-state index in [1.807, 2.05) is 0 Å². The monoisotopic (exact) mass is 496 g/mol. The zero-order chi connectivity index (χ0) is 18.6. The first-order chi connectivity index (χ1) is 12.7. The largest absolute Gasteiger partial charge is 0.385 e. The van der Waals surface area contributed by atoms with Crippen molar-refractivity contribution >= 4 is 29.9 Å². The van der Waals surface area contributed by atoms with Gasteiger partial charge in [0.2, 0.25) is 0 Å². The van der Waals surface area contributed by atoms with Crippen molar-refractivity contribution in [3.05, 3.63) is 0 Å². The van der Waals surface area contributed by atoms with Crippen LogP contribution in [0.2, 0.25) is 0 Å². The molecule has 0 radical (unpaired) electrons. The van der Waals surface area contributed by atoms with E-state index in [1.165, 1.54) is 32.4 Å². The highest BCUT2D eigenvalue weighted by molar-refractivity contribution is 14.0. The van der Waals surface area contributed by atoms with Crippen molar-refractivity contribution in [3.63, 3.8) is 0 Å². The molecule has 2 rings (SSSR count). The number of methoxy groups -OCH3 is 1. The van der Waals surface area contributed by atoms with E-state index in [0.717, 1.165) is 70.5 Å². The van der Waals surface area contributed by atoms with Crippen LogP contribution < -0.4 is 5.32 Å². The number of nitrogens with zero attached hydrogens (tertiary/aromatic N) is 3. The second-order valence-electron chi connectivity index (χ2n) is 7.67. The van der Waals surface area contributed by atoms with Crippen LogP contribution in [0.5, 0.6) is 0 Å². The number of piperidine rings is 2. The first kappa shape index (κ1) is 24.9. The van der Waals surface area contributed by atoms with Gasteiger partial charge in [-0.05, 0) is 71.5 Å². The Morgan fingerprint density at radius 2 is 1.78 bits per heavy atom. The number of guanidine groups is 1. The van der Waals surface area contributed by atoms with Gasteiger partial charge in [-0.3, -0.25) is 4.99 Å². The van der Waals surface area contributed by atoms with Crippen molar-refractivity contribution in [3.8, 4) is 0 Å². The van der Waals surface area contributed by atoms with Crippen LogP contribution in [-0.4, -0.2) is 88.5 Å². The molecule has 160 valence electrons. The third-order valence-corrected chi connectivity index (χ3v) is 5.56. The maximum absolute atomic E-state index is 5.97. The third kappa shape index (κ3) is 9.76. The molecule has 0 aromatic heterocycles. The Kier molecular flexibility index (Phi) is 13.7. The van der Waals surface area contributed by atoms with Crippen LogP contribution in [0.1, 0.15) is 45.4 Å². The summed E-state index contributed by atoms with van der Waals surface area (Å²) in [7, 11) is 3.97. The molecule has 2 aliphatic heterocycles. The second kappa shape index (κ2) is 14.8. The zero-order valence-electron chi connectivity index (χ0n) is 17.6. The molecule has 0 atom stereocenters. The highest BCUT2D eigenvalue weighted by Gasteiger charge is 2.22. The molecule has 2 saturated heterocycles. The minimum atomic E-state index is 0. The van der Waals surface area contributed by atoms with Gasteiger partial charge < -0.3 is 24.6 Å². The standard InChI is InChI=1S/C20H40N4O2.HI/c1-4-21-20(22-11-6-18-7-12-23(2)13-8-18)24-14-9-19(10-15-24)26-17-5-16-25-3;/h18-19H,4-17H2,1-3H3,(H,21,22);1H. The van der Waals surface area contributed by atoms with Gasteiger partial charge in [-0.2, -0.15) is 0 Å². The predicted octanol–water partition coefficient (Wildman–Crippen LogP) is 2.82. The smallest absolute Gasteiger partial charge is 0.193 e. The average Bonchev–Trinajstić information content (AvgIpc) is 2.67. The normalized spacial score (nSPS) is 20.6. The van der Waals surface area contributed by atoms with Gasteiger partial charge in [-0.15, -0.1) is 24.0 Å². The molecule has 0 spiro atoms. The SMILES string of the molecule is CCNC(=NCCC1CCN(C)CC1)N1CCC(OCCCOC)CC1.I. The van der Waals surface area contributed by atoms with Gasteiger partial charge >= 0.3 is 0 Å². The molecule has 0 saturated carbocycles. The van der Waals surface area contributed by atoms with E-state index in [-0.39, 0.29) is 24.0 Å². The summed E-state index contributed by atoms with van der Waals surface area (Å²) >= 11 is 0. The van der Waals surface area contributed by atoms with Gasteiger partial charge in [0.25, 0.3) is 0 Å². The molecule has 0 amide bonds. The fraction of sp³-hybridized carbons (Fsp3) is 0.950. The summed E-state index contributed by atoms with van der Waals surface area (Å²) in [5.74, 6) is 1.95. The Hall–Kier alpha value is -0.120. The van der Waals surface area contributed by atoms with E-state index in [2.05, 4.69) is 29.1 Å². The number of aliphatic imine (C=N–C) groups is 1. The predicted molar refractivity (Wildman–Crippen MR) is 123 cm³/mol. The van der Waals surface area contributed by atoms with Gasteiger partial charge in [0.05, 0.1) is 6.10 Å². The summed E-state index contributed by atoms with van der Waals surface area (Å²) in [6.07, 6.45) is 7.44. The minimum absolute atomic E-state index is 0. The van der Waals surface area contributed by atoms with Crippen molar-refractivity contribution < 1.29 is 9.47 Å². The molecule has 0 bridgehead atoms. The lowest BCUT2D eigenvalue weighted by Crippen LogP contribution is -2.47. The van der Waals surface area contributed by atoms with Crippen LogP contribution in [-0.2, 0) is 9.47 Å². The maximum Gasteiger partial charge on any atom is 0.193 e. The summed E-state index contributed by atoms with van der Waals surface area (Å²) in [6.45, 7) is 10.2. The van der Waals surface area contributed by atoms with Gasteiger partial charge in [0, 0.05) is 46.5 Å². The molecule has 0 aromatic rings. The van der Waals surface area contributed by atoms with Crippen molar-refractivity contribution in [2.75, 3.05) is 66.6 Å². The van der Waals surface area contributed by atoms with Crippen LogP contribution in [0.15, 0.2) is 4.99 Å². The van der Waals surface area contributed by atoms with Crippen molar-refractivity contribution in [1.82, 2.24) is 15.1 Å². The number of hydrogen-bond acceptors (Lipinski definition) is 4. The summed E-state index contributed by atoms with van der Waals surface area (Å²) in [6, 6.07) is 0. The first-order valence-corrected chi connectivity index (χ1v) is 10.5. The van der Waals surface area contributed by atoms with Crippen LogP contribution in [0.4, 0.5) is 0 Å². The Morgan fingerprint density at radius 1 is 1.07 bits per heavy atom. The second-order valence-corrected chi connectivity index (χ2v) is 7.67. The Bertz CT molecular complexity index is 395. The van der Waals surface area contributed by atoms with Gasteiger partial charge in [0.1, 0.15) is 0 Å². The summed E-state index contributed by atoms with van der Waals surface area (Å²) < 4.78 is 11.0. The number of halogens is 1. The summed E-state index contributed by atoms with van der Waals surface area (Å²) in [5.41, 5.74) is 0. The molecule has 27 heavy (non-hydrogen) atoms. The minimum Gasteiger partial charge on any atom is -0.385 e. The third-order valence-electron chi connectivity index (χ3n) is 5.56. The van der Waals surface area contributed by atoms with E-state index in [4.69, 9.17) is 14.5 Å². The average molecular weight is 496 g/mol. The molecular weight excluding hydrogens is 455 g/mol. The highest BCUT2D eigenvalue weighted by atomic mass is 127. The molecule has 0 aromatic carbocycles. The van der Waals surface area contributed by atoms with Crippen molar-refractivity contribution in [1.29, 1.82) is 0 Å². The molecule has 1 N–H and O–H groups in total. The molecule has 2 heterocycles. The number of hydrogen-bond donors (Lipinski definition) is 1. The summed E-state index contributed by atoms with van der Waals surface area (Å²) in [5, 5.41) is 3.48. The van der Waals surface area contributed by atoms with Crippen molar-refractivity contribution in [2.45, 2.75) is 51.6 Å². The topological polar surface area (TPSA) is 49.3 Å². The van der Waals surface area contributed by atoms with E-state index >= 15 is 0 Å². The molecular formula is C20H41IN4O2. The van der Waals surface area contributed by atoms with Crippen molar-refractivity contribution in [2.24, 2.45) is 10.9 Å². The lowest BCUT2D eigenvalue weighted by atomic mass is 9.94. The van der Waals surface area contributed by atoms with E-state index in [9.17, 15) is 0 Å². The lowest BCUT2D eigenvalue weighted by molar-refractivity contribution is 0.00990. The molecule has 7 heteroatoms. The fourth-order valence-electron chi connectivity index (χ4n) is 3.82. The molecule has 6 nitrogen and oxygen atoms in total. The number of nitrogens with one attached hydrogen (secondary N) is 1. The van der Waals surface area contributed by atoms with E-state index in [0.29, 0.717) is 6.10 Å². The molecule has 2 aliphatic rings. The lowest BCUT2D eigenvalue weighted by Gasteiger charge is -2.34. The Labute approximate surface area is 183 Å². The molecule has 0 aliphatic carbocycles. The van der Waals surface area contributed by atoms with E-state index < -0.39 is 0 Å². The number of likely N-dealkylation sites (tertiary alicyclic amines) is 2. The first-order valence-electron chi connectivity index (χ1n) is 10.5. The quantitative estimate of drug-likeness (QED) is 0.230. The maximum atomic E-state index is 5.97. The van der Waals surface area contributed by atoms with Gasteiger partial charge in [-0.25, -0.2) is 0 Å². The molecule has 0 unspecified atom stereocenters. The van der Waals surface area contributed by atoms with Gasteiger partial charge in [0.15, 0.2) is 5.96 Å². The summed E-state index contributed by atoms with van der Waals surface area (Å²) in [4.78, 5) is 9.77. The zero-order valence-corrected chi connectivity index (χ0v) is 20.0. The number of rotatable bonds is 9. The van der Waals surface area contributed by atoms with Crippen LogP contribution in [0.3, 0.4) is 0 Å². The Balaban J connectivity index is 0.00000364. The van der Waals surface area contributed by atoms with Crippen LogP contribution in [0, 0.1) is 5.92 Å². The van der Waals surface area contributed by atoms with E-state index in [1.54, 1.807) is 7.11 Å².